The summed E-state index contributed by atoms with van der Waals surface area (Å²) < 4.78 is 55.1. The third-order valence-corrected chi connectivity index (χ3v) is 5.01. The summed E-state index contributed by atoms with van der Waals surface area (Å²) in [6.45, 7) is 0.247. The van der Waals surface area contributed by atoms with Crippen molar-refractivity contribution in [3.05, 3.63) is 47.0 Å². The lowest BCUT2D eigenvalue weighted by atomic mass is 9.87. The zero-order valence-electron chi connectivity index (χ0n) is 17.0. The first kappa shape index (κ1) is 21.8. The Morgan fingerprint density at radius 2 is 1.63 bits per heavy atom. The minimum atomic E-state index is -4.62. The smallest absolute Gasteiger partial charge is 0.406 e. The largest absolute Gasteiger partial charge is 0.493 e. The highest BCUT2D eigenvalue weighted by Gasteiger charge is 2.52. The quantitative estimate of drug-likeness (QED) is 0.769. The van der Waals surface area contributed by atoms with Gasteiger partial charge in [0, 0.05) is 12.0 Å². The van der Waals surface area contributed by atoms with Crippen molar-refractivity contribution in [3.8, 4) is 17.2 Å². The average molecular weight is 425 g/mol. The maximum Gasteiger partial charge on any atom is 0.406 e. The molecule has 0 bridgehead atoms. The highest BCUT2D eigenvalue weighted by Crippen LogP contribution is 2.46. The van der Waals surface area contributed by atoms with Crippen molar-refractivity contribution in [3.63, 3.8) is 0 Å². The van der Waals surface area contributed by atoms with Crippen LogP contribution in [0.15, 0.2) is 30.3 Å². The normalized spacial score (nSPS) is 18.4. The van der Waals surface area contributed by atoms with Crippen LogP contribution in [0.5, 0.6) is 17.2 Å². The molecule has 162 valence electrons. The lowest BCUT2D eigenvalue weighted by Crippen LogP contribution is -2.45. The Balaban J connectivity index is 2.10. The standard InChI is InChI=1S/C21H22F3NO5/c1-12-5-6-15-14(7-12)20(27,19(26)25(15)11-21(22,23)24)10-13-8-16(28-2)18(30-4)17(9-13)29-3/h5-9,27H,10-11H2,1-4H3. The van der Waals surface area contributed by atoms with Crippen LogP contribution < -0.4 is 19.1 Å². The first-order valence-electron chi connectivity index (χ1n) is 9.05. The molecular formula is C21H22F3NO5. The number of carbonyl (C=O) groups is 1. The number of nitrogens with zero attached hydrogens (tertiary/aromatic N) is 1. The first-order valence-corrected chi connectivity index (χ1v) is 9.05. The van der Waals surface area contributed by atoms with Gasteiger partial charge in [0.15, 0.2) is 17.1 Å². The van der Waals surface area contributed by atoms with Crippen molar-refractivity contribution in [2.24, 2.45) is 0 Å². The summed E-state index contributed by atoms with van der Waals surface area (Å²) in [6, 6.07) is 7.65. The zero-order chi connectivity index (χ0) is 22.3. The van der Waals surface area contributed by atoms with E-state index in [4.69, 9.17) is 14.2 Å². The summed E-state index contributed by atoms with van der Waals surface area (Å²) in [5.74, 6) is -0.104. The fourth-order valence-corrected chi connectivity index (χ4v) is 3.70. The summed E-state index contributed by atoms with van der Waals surface area (Å²) >= 11 is 0. The van der Waals surface area contributed by atoms with Gasteiger partial charge in [0.1, 0.15) is 6.54 Å². The third-order valence-electron chi connectivity index (χ3n) is 5.01. The van der Waals surface area contributed by atoms with E-state index in [1.54, 1.807) is 25.1 Å². The number of aryl methyl sites for hydroxylation is 1. The first-order chi connectivity index (χ1) is 14.0. The summed E-state index contributed by atoms with van der Waals surface area (Å²) in [4.78, 5) is 13.6. The Morgan fingerprint density at radius 1 is 1.03 bits per heavy atom. The zero-order valence-corrected chi connectivity index (χ0v) is 17.0. The number of hydrogen-bond donors (Lipinski definition) is 1. The van der Waals surface area contributed by atoms with Crippen molar-refractivity contribution < 1.29 is 37.3 Å². The SMILES string of the molecule is COc1cc(CC2(O)C(=O)N(CC(F)(F)F)c3ccc(C)cc32)cc(OC)c1OC. The van der Waals surface area contributed by atoms with Crippen molar-refractivity contribution in [1.29, 1.82) is 0 Å². The highest BCUT2D eigenvalue weighted by molar-refractivity contribution is 6.07. The fraction of sp³-hybridized carbons (Fsp3) is 0.381. The molecule has 2 aromatic carbocycles. The molecule has 1 aliphatic rings. The molecule has 1 amide bonds. The van der Waals surface area contributed by atoms with E-state index in [0.717, 1.165) is 0 Å². The summed E-state index contributed by atoms with van der Waals surface area (Å²) in [5, 5.41) is 11.3. The molecule has 1 unspecified atom stereocenters. The van der Waals surface area contributed by atoms with Crippen LogP contribution in [0.3, 0.4) is 0 Å². The van der Waals surface area contributed by atoms with E-state index >= 15 is 0 Å². The number of methoxy groups -OCH3 is 3. The second-order valence-corrected chi connectivity index (χ2v) is 7.10. The van der Waals surface area contributed by atoms with E-state index in [9.17, 15) is 23.1 Å². The number of anilines is 1. The molecule has 0 aliphatic carbocycles. The second-order valence-electron chi connectivity index (χ2n) is 7.10. The molecule has 1 N–H and O–H groups in total. The Morgan fingerprint density at radius 3 is 2.13 bits per heavy atom. The number of rotatable bonds is 6. The average Bonchev–Trinajstić information content (AvgIpc) is 2.87. The summed E-state index contributed by atoms with van der Waals surface area (Å²) in [7, 11) is 4.27. The maximum atomic E-state index is 13.1. The van der Waals surface area contributed by atoms with E-state index in [0.29, 0.717) is 33.3 Å². The lowest BCUT2D eigenvalue weighted by Gasteiger charge is -2.25. The molecule has 0 aromatic heterocycles. The number of fused-ring (bicyclic) bond motifs is 1. The number of amides is 1. The van der Waals surface area contributed by atoms with Crippen molar-refractivity contribution >= 4 is 11.6 Å². The van der Waals surface area contributed by atoms with Gasteiger partial charge in [-0.15, -0.1) is 0 Å². The Labute approximate surface area is 171 Å². The maximum absolute atomic E-state index is 13.1. The van der Waals surface area contributed by atoms with Gasteiger partial charge in [-0.25, -0.2) is 0 Å². The molecule has 30 heavy (non-hydrogen) atoms. The Hall–Kier alpha value is -2.94. The van der Waals surface area contributed by atoms with E-state index in [1.807, 2.05) is 0 Å². The van der Waals surface area contributed by atoms with Gasteiger partial charge in [-0.3, -0.25) is 4.79 Å². The van der Waals surface area contributed by atoms with Crippen LogP contribution in [0.1, 0.15) is 16.7 Å². The molecule has 0 radical (unpaired) electrons. The van der Waals surface area contributed by atoms with Crippen molar-refractivity contribution in [2.75, 3.05) is 32.8 Å². The van der Waals surface area contributed by atoms with Crippen LogP contribution in [0.4, 0.5) is 18.9 Å². The predicted molar refractivity (Wildman–Crippen MR) is 103 cm³/mol. The monoisotopic (exact) mass is 425 g/mol. The van der Waals surface area contributed by atoms with E-state index in [1.165, 1.54) is 33.5 Å². The van der Waals surface area contributed by atoms with Gasteiger partial charge < -0.3 is 24.2 Å². The molecule has 0 saturated heterocycles. The number of aliphatic hydroxyl groups is 1. The minimum Gasteiger partial charge on any atom is -0.493 e. The number of hydrogen-bond acceptors (Lipinski definition) is 5. The molecule has 3 rings (SSSR count). The lowest BCUT2D eigenvalue weighted by molar-refractivity contribution is -0.143. The molecular weight excluding hydrogens is 403 g/mol. The van der Waals surface area contributed by atoms with Crippen LogP contribution in [-0.2, 0) is 16.8 Å². The molecule has 1 aliphatic heterocycles. The number of alkyl halides is 3. The Kier molecular flexibility index (Phi) is 5.60. The van der Waals surface area contributed by atoms with Crippen molar-refractivity contribution in [2.45, 2.75) is 25.1 Å². The van der Waals surface area contributed by atoms with Crippen LogP contribution in [0, 0.1) is 6.92 Å². The van der Waals surface area contributed by atoms with Gasteiger partial charge in [0.05, 0.1) is 27.0 Å². The van der Waals surface area contributed by atoms with Gasteiger partial charge >= 0.3 is 6.18 Å². The topological polar surface area (TPSA) is 68.2 Å². The molecule has 9 heteroatoms. The summed E-state index contributed by atoms with van der Waals surface area (Å²) in [6.07, 6.45) is -4.89. The van der Waals surface area contributed by atoms with E-state index in [2.05, 4.69) is 0 Å². The number of ether oxygens (including phenoxy) is 3. The molecule has 0 saturated carbocycles. The summed E-state index contributed by atoms with van der Waals surface area (Å²) in [5.41, 5.74) is -0.860. The van der Waals surface area contributed by atoms with Crippen molar-refractivity contribution in [1.82, 2.24) is 0 Å². The van der Waals surface area contributed by atoms with E-state index in [-0.39, 0.29) is 17.7 Å². The van der Waals surface area contributed by atoms with Crippen LogP contribution >= 0.6 is 0 Å². The fourth-order valence-electron chi connectivity index (χ4n) is 3.70. The molecule has 0 spiro atoms. The third kappa shape index (κ3) is 3.77. The predicted octanol–water partition coefficient (Wildman–Crippen LogP) is 3.36. The van der Waals surface area contributed by atoms with E-state index < -0.39 is 24.2 Å². The minimum absolute atomic E-state index is 0.0397. The second kappa shape index (κ2) is 7.71. The molecule has 1 heterocycles. The van der Waals surface area contributed by atoms with Gasteiger partial charge in [-0.1, -0.05) is 17.7 Å². The number of carbonyl (C=O) groups excluding carboxylic acids is 1. The Bertz CT molecular complexity index is 951. The van der Waals surface area contributed by atoms with Crippen LogP contribution in [0.2, 0.25) is 0 Å². The van der Waals surface area contributed by atoms with Crippen LogP contribution in [-0.4, -0.2) is 45.1 Å². The molecule has 2 aromatic rings. The van der Waals surface area contributed by atoms with Gasteiger partial charge in [0.25, 0.3) is 5.91 Å². The van der Waals surface area contributed by atoms with Crippen LogP contribution in [0.25, 0.3) is 0 Å². The number of benzene rings is 2. The van der Waals surface area contributed by atoms with Gasteiger partial charge in [-0.2, -0.15) is 13.2 Å². The highest BCUT2D eigenvalue weighted by atomic mass is 19.4. The molecule has 1 atom stereocenters. The van der Waals surface area contributed by atoms with Gasteiger partial charge in [0.2, 0.25) is 5.75 Å². The molecule has 6 nitrogen and oxygen atoms in total. The van der Waals surface area contributed by atoms with Gasteiger partial charge in [-0.05, 0) is 30.7 Å². The molecule has 0 fully saturated rings. The number of halogens is 3.